The number of aromatic nitrogens is 1. The summed E-state index contributed by atoms with van der Waals surface area (Å²) in [5, 5.41) is 4.90. The van der Waals surface area contributed by atoms with Gasteiger partial charge in [-0.2, -0.15) is 0 Å². The van der Waals surface area contributed by atoms with Crippen LogP contribution < -0.4 is 5.32 Å². The van der Waals surface area contributed by atoms with E-state index in [1.807, 2.05) is 11.3 Å². The molecule has 1 heterocycles. The highest BCUT2D eigenvalue weighted by Gasteiger charge is 2.15. The molecule has 0 amide bonds. The summed E-state index contributed by atoms with van der Waals surface area (Å²) >= 11 is 1.83. The molecule has 110 valence electrons. The standard InChI is InChI=1S/C15H28N2OS/c1-6-7-16-14(8-11(2)10-18-5)9-15-17-12(3)13(4)19-15/h11,14,16H,6-10H2,1-5H3. The number of nitrogens with zero attached hydrogens (tertiary/aromatic N) is 1. The molecule has 0 aliphatic carbocycles. The molecule has 1 N–H and O–H groups in total. The van der Waals surface area contributed by atoms with Gasteiger partial charge in [0.15, 0.2) is 0 Å². The molecular formula is C15H28N2OS. The van der Waals surface area contributed by atoms with E-state index in [1.54, 1.807) is 7.11 Å². The van der Waals surface area contributed by atoms with Crippen LogP contribution in [0.3, 0.4) is 0 Å². The van der Waals surface area contributed by atoms with Crippen LogP contribution in [0.25, 0.3) is 0 Å². The van der Waals surface area contributed by atoms with Gasteiger partial charge in [0.25, 0.3) is 0 Å². The van der Waals surface area contributed by atoms with Crippen molar-refractivity contribution >= 4 is 11.3 Å². The number of thiazole rings is 1. The molecule has 3 nitrogen and oxygen atoms in total. The van der Waals surface area contributed by atoms with Gasteiger partial charge in [-0.1, -0.05) is 13.8 Å². The molecule has 0 spiro atoms. The van der Waals surface area contributed by atoms with Crippen molar-refractivity contribution in [3.8, 4) is 0 Å². The van der Waals surface area contributed by atoms with Crippen molar-refractivity contribution in [2.45, 2.75) is 53.0 Å². The van der Waals surface area contributed by atoms with Crippen molar-refractivity contribution in [2.75, 3.05) is 20.3 Å². The Bertz CT molecular complexity index is 346. The average Bonchev–Trinajstić information content (AvgIpc) is 2.65. The van der Waals surface area contributed by atoms with Gasteiger partial charge in [0, 0.05) is 31.1 Å². The van der Waals surface area contributed by atoms with Gasteiger partial charge in [0.1, 0.15) is 0 Å². The lowest BCUT2D eigenvalue weighted by atomic mass is 10.00. The molecule has 0 aliphatic rings. The molecule has 0 aromatic carbocycles. The molecule has 0 bridgehead atoms. The maximum Gasteiger partial charge on any atom is 0.0946 e. The molecule has 0 radical (unpaired) electrons. The van der Waals surface area contributed by atoms with Crippen molar-refractivity contribution in [1.82, 2.24) is 10.3 Å². The van der Waals surface area contributed by atoms with E-state index in [9.17, 15) is 0 Å². The minimum absolute atomic E-state index is 0.509. The van der Waals surface area contributed by atoms with Crippen LogP contribution in [0.15, 0.2) is 0 Å². The van der Waals surface area contributed by atoms with Gasteiger partial charge in [-0.15, -0.1) is 11.3 Å². The molecule has 2 atom stereocenters. The van der Waals surface area contributed by atoms with Crippen LogP contribution in [0, 0.1) is 19.8 Å². The van der Waals surface area contributed by atoms with Crippen LogP contribution >= 0.6 is 11.3 Å². The van der Waals surface area contributed by atoms with Crippen LogP contribution in [0.2, 0.25) is 0 Å². The van der Waals surface area contributed by atoms with Gasteiger partial charge in [0.05, 0.1) is 10.7 Å². The van der Waals surface area contributed by atoms with E-state index in [-0.39, 0.29) is 0 Å². The Hall–Kier alpha value is -0.450. The van der Waals surface area contributed by atoms with Crippen molar-refractivity contribution in [1.29, 1.82) is 0 Å². The number of methoxy groups -OCH3 is 1. The monoisotopic (exact) mass is 284 g/mol. The smallest absolute Gasteiger partial charge is 0.0946 e. The number of ether oxygens (including phenoxy) is 1. The summed E-state index contributed by atoms with van der Waals surface area (Å²) in [5.74, 6) is 0.585. The summed E-state index contributed by atoms with van der Waals surface area (Å²) in [6.07, 6.45) is 3.35. The Kier molecular flexibility index (Phi) is 7.57. The van der Waals surface area contributed by atoms with Gasteiger partial charge in [-0.3, -0.25) is 0 Å². The fourth-order valence-electron chi connectivity index (χ4n) is 2.26. The van der Waals surface area contributed by atoms with Crippen LogP contribution in [0.4, 0.5) is 0 Å². The highest BCUT2D eigenvalue weighted by molar-refractivity contribution is 7.11. The van der Waals surface area contributed by atoms with Gasteiger partial charge >= 0.3 is 0 Å². The maximum absolute atomic E-state index is 5.24. The minimum atomic E-state index is 0.509. The molecule has 0 fully saturated rings. The topological polar surface area (TPSA) is 34.2 Å². The number of rotatable bonds is 9. The van der Waals surface area contributed by atoms with Crippen LogP contribution in [0.5, 0.6) is 0 Å². The zero-order valence-electron chi connectivity index (χ0n) is 13.0. The quantitative estimate of drug-likeness (QED) is 0.755. The summed E-state index contributed by atoms with van der Waals surface area (Å²) in [4.78, 5) is 6.00. The molecule has 1 aromatic rings. The fraction of sp³-hybridized carbons (Fsp3) is 0.800. The summed E-state index contributed by atoms with van der Waals surface area (Å²) in [5.41, 5.74) is 1.18. The first kappa shape index (κ1) is 16.6. The Balaban J connectivity index is 2.57. The number of hydrogen-bond acceptors (Lipinski definition) is 4. The molecular weight excluding hydrogens is 256 g/mol. The van der Waals surface area contributed by atoms with Crippen molar-refractivity contribution in [2.24, 2.45) is 5.92 Å². The summed E-state index contributed by atoms with van der Waals surface area (Å²) in [6.45, 7) is 10.6. The Morgan fingerprint density at radius 1 is 1.37 bits per heavy atom. The first-order valence-electron chi connectivity index (χ1n) is 7.22. The number of hydrogen-bond donors (Lipinski definition) is 1. The molecule has 2 unspecified atom stereocenters. The molecule has 1 rings (SSSR count). The van der Waals surface area contributed by atoms with E-state index >= 15 is 0 Å². The zero-order valence-corrected chi connectivity index (χ0v) is 13.8. The van der Waals surface area contributed by atoms with Crippen LogP contribution in [-0.2, 0) is 11.2 Å². The van der Waals surface area contributed by atoms with Crippen molar-refractivity contribution in [3.05, 3.63) is 15.6 Å². The van der Waals surface area contributed by atoms with E-state index in [4.69, 9.17) is 4.74 Å². The predicted molar refractivity (Wildman–Crippen MR) is 83.0 cm³/mol. The lowest BCUT2D eigenvalue weighted by molar-refractivity contribution is 0.149. The molecule has 0 aliphatic heterocycles. The normalized spacial score (nSPS) is 14.6. The Morgan fingerprint density at radius 3 is 2.63 bits per heavy atom. The average molecular weight is 284 g/mol. The van der Waals surface area contributed by atoms with Crippen molar-refractivity contribution < 1.29 is 4.74 Å². The Labute approximate surface area is 121 Å². The molecule has 0 saturated heterocycles. The number of nitrogens with one attached hydrogen (secondary N) is 1. The third-order valence-electron chi connectivity index (χ3n) is 3.31. The Morgan fingerprint density at radius 2 is 2.11 bits per heavy atom. The SMILES string of the molecule is CCCNC(Cc1nc(C)c(C)s1)CC(C)COC. The van der Waals surface area contributed by atoms with Crippen molar-refractivity contribution in [3.63, 3.8) is 0 Å². The molecule has 19 heavy (non-hydrogen) atoms. The second-order valence-electron chi connectivity index (χ2n) is 5.40. The van der Waals surface area contributed by atoms with E-state index in [2.05, 4.69) is 38.0 Å². The van der Waals surface area contributed by atoms with Crippen LogP contribution in [-0.4, -0.2) is 31.3 Å². The van der Waals surface area contributed by atoms with Crippen LogP contribution in [0.1, 0.15) is 42.3 Å². The first-order chi connectivity index (χ1) is 9.06. The molecule has 1 aromatic heterocycles. The molecule has 4 heteroatoms. The van der Waals surface area contributed by atoms with Gasteiger partial charge in [0.2, 0.25) is 0 Å². The largest absolute Gasteiger partial charge is 0.384 e. The van der Waals surface area contributed by atoms with E-state index in [0.29, 0.717) is 12.0 Å². The predicted octanol–water partition coefficient (Wildman–Crippen LogP) is 3.34. The second-order valence-corrected chi connectivity index (χ2v) is 6.69. The third-order valence-corrected chi connectivity index (χ3v) is 4.41. The lowest BCUT2D eigenvalue weighted by Gasteiger charge is -2.21. The third kappa shape index (κ3) is 6.02. The number of aryl methyl sites for hydroxylation is 2. The van der Waals surface area contributed by atoms with E-state index < -0.39 is 0 Å². The fourth-order valence-corrected chi connectivity index (χ4v) is 3.28. The maximum atomic E-state index is 5.24. The van der Waals surface area contributed by atoms with Gasteiger partial charge in [-0.25, -0.2) is 4.98 Å². The molecule has 0 saturated carbocycles. The second kappa shape index (κ2) is 8.67. The highest BCUT2D eigenvalue weighted by atomic mass is 32.1. The zero-order chi connectivity index (χ0) is 14.3. The van der Waals surface area contributed by atoms with E-state index in [0.717, 1.165) is 26.0 Å². The summed E-state index contributed by atoms with van der Waals surface area (Å²) < 4.78 is 5.24. The summed E-state index contributed by atoms with van der Waals surface area (Å²) in [7, 11) is 1.78. The van der Waals surface area contributed by atoms with Gasteiger partial charge < -0.3 is 10.1 Å². The highest BCUT2D eigenvalue weighted by Crippen LogP contribution is 2.20. The summed E-state index contributed by atoms with van der Waals surface area (Å²) in [6, 6.07) is 0.509. The lowest BCUT2D eigenvalue weighted by Crippen LogP contribution is -2.34. The first-order valence-corrected chi connectivity index (χ1v) is 8.03. The van der Waals surface area contributed by atoms with E-state index in [1.165, 1.54) is 22.0 Å². The minimum Gasteiger partial charge on any atom is -0.384 e. The van der Waals surface area contributed by atoms with Gasteiger partial charge in [-0.05, 0) is 39.2 Å².